The molecule has 3 aromatic rings. The highest BCUT2D eigenvalue weighted by Crippen LogP contribution is 2.35. The van der Waals surface area contributed by atoms with Crippen LogP contribution >= 0.6 is 0 Å². The third-order valence-electron chi connectivity index (χ3n) is 6.00. The SMILES string of the molecule is CCNC(=O)[C@@]1(Cc2cc(-c3ccccc3)no2)CCCN(C(=O)COc2ccccc2)C1. The minimum absolute atomic E-state index is 0.0596. The molecule has 4 rings (SSSR count). The fraction of sp³-hybridized carbons (Fsp3) is 0.346. The van der Waals surface area contributed by atoms with Crippen LogP contribution in [-0.4, -0.2) is 48.1 Å². The third kappa shape index (κ3) is 5.42. The van der Waals surface area contributed by atoms with E-state index in [0.29, 0.717) is 44.0 Å². The smallest absolute Gasteiger partial charge is 0.260 e. The van der Waals surface area contributed by atoms with Gasteiger partial charge in [-0.2, -0.15) is 0 Å². The molecule has 1 aliphatic heterocycles. The highest BCUT2D eigenvalue weighted by Gasteiger charge is 2.44. The first-order valence-electron chi connectivity index (χ1n) is 11.3. The first-order valence-corrected chi connectivity index (χ1v) is 11.3. The van der Waals surface area contributed by atoms with Gasteiger partial charge in [-0.25, -0.2) is 0 Å². The molecule has 1 saturated heterocycles. The van der Waals surface area contributed by atoms with Crippen LogP contribution in [0, 0.1) is 5.41 Å². The van der Waals surface area contributed by atoms with Gasteiger partial charge in [-0.15, -0.1) is 0 Å². The normalized spacial score (nSPS) is 18.0. The van der Waals surface area contributed by atoms with Gasteiger partial charge in [-0.3, -0.25) is 9.59 Å². The van der Waals surface area contributed by atoms with Crippen LogP contribution in [-0.2, 0) is 16.0 Å². The van der Waals surface area contributed by atoms with E-state index >= 15 is 0 Å². The number of nitrogens with zero attached hydrogens (tertiary/aromatic N) is 2. The van der Waals surface area contributed by atoms with Crippen LogP contribution in [0.2, 0.25) is 0 Å². The average molecular weight is 448 g/mol. The lowest BCUT2D eigenvalue weighted by Crippen LogP contribution is -2.55. The number of amides is 2. The molecule has 0 spiro atoms. The topological polar surface area (TPSA) is 84.7 Å². The number of para-hydroxylation sites is 1. The van der Waals surface area contributed by atoms with Crippen LogP contribution in [0.4, 0.5) is 0 Å². The lowest BCUT2D eigenvalue weighted by atomic mass is 9.75. The van der Waals surface area contributed by atoms with Crippen LogP contribution in [0.25, 0.3) is 11.3 Å². The number of likely N-dealkylation sites (tertiary alicyclic amines) is 1. The van der Waals surface area contributed by atoms with E-state index in [-0.39, 0.29) is 18.4 Å². The summed E-state index contributed by atoms with van der Waals surface area (Å²) in [5.41, 5.74) is 0.916. The quantitative estimate of drug-likeness (QED) is 0.569. The van der Waals surface area contributed by atoms with Gasteiger partial charge in [0.2, 0.25) is 5.91 Å². The molecule has 0 bridgehead atoms. The molecule has 1 aliphatic rings. The van der Waals surface area contributed by atoms with Crippen molar-refractivity contribution in [1.29, 1.82) is 0 Å². The van der Waals surface area contributed by atoms with E-state index in [1.807, 2.05) is 73.7 Å². The lowest BCUT2D eigenvalue weighted by molar-refractivity contribution is -0.143. The van der Waals surface area contributed by atoms with Gasteiger partial charge in [0, 0.05) is 37.7 Å². The molecule has 1 fully saturated rings. The summed E-state index contributed by atoms with van der Waals surface area (Å²) in [6.07, 6.45) is 1.78. The second-order valence-corrected chi connectivity index (χ2v) is 8.38. The van der Waals surface area contributed by atoms with Gasteiger partial charge in [-0.05, 0) is 31.9 Å². The molecule has 2 aromatic carbocycles. The fourth-order valence-corrected chi connectivity index (χ4v) is 4.33. The first kappa shape index (κ1) is 22.6. The summed E-state index contributed by atoms with van der Waals surface area (Å²) in [7, 11) is 0. The lowest BCUT2D eigenvalue weighted by Gasteiger charge is -2.41. The van der Waals surface area contributed by atoms with Crippen LogP contribution in [0.1, 0.15) is 25.5 Å². The fourth-order valence-electron chi connectivity index (χ4n) is 4.33. The molecular formula is C26H29N3O4. The first-order chi connectivity index (χ1) is 16.1. The van der Waals surface area contributed by atoms with Crippen molar-refractivity contribution in [3.63, 3.8) is 0 Å². The molecule has 0 radical (unpaired) electrons. The highest BCUT2D eigenvalue weighted by molar-refractivity contribution is 5.85. The Morgan fingerprint density at radius 2 is 1.85 bits per heavy atom. The monoisotopic (exact) mass is 447 g/mol. The van der Waals surface area contributed by atoms with Crippen molar-refractivity contribution in [3.8, 4) is 17.0 Å². The van der Waals surface area contributed by atoms with Gasteiger partial charge in [0.15, 0.2) is 6.61 Å². The summed E-state index contributed by atoms with van der Waals surface area (Å²) in [4.78, 5) is 27.9. The molecule has 2 amide bonds. The zero-order valence-corrected chi connectivity index (χ0v) is 18.8. The van der Waals surface area contributed by atoms with Gasteiger partial charge < -0.3 is 19.5 Å². The Labute approximate surface area is 193 Å². The van der Waals surface area contributed by atoms with E-state index < -0.39 is 5.41 Å². The average Bonchev–Trinajstić information content (AvgIpc) is 3.32. The number of hydrogen-bond acceptors (Lipinski definition) is 5. The molecule has 172 valence electrons. The summed E-state index contributed by atoms with van der Waals surface area (Å²) in [6.45, 7) is 3.28. The number of ether oxygens (including phenoxy) is 1. The van der Waals surface area contributed by atoms with E-state index in [0.717, 1.165) is 17.7 Å². The Morgan fingerprint density at radius 1 is 1.12 bits per heavy atom. The van der Waals surface area contributed by atoms with Gasteiger partial charge in [0.25, 0.3) is 5.91 Å². The second-order valence-electron chi connectivity index (χ2n) is 8.38. The molecule has 1 aromatic heterocycles. The Hall–Kier alpha value is -3.61. The summed E-state index contributed by atoms with van der Waals surface area (Å²) >= 11 is 0. The molecular weight excluding hydrogens is 418 g/mol. The zero-order chi connectivity index (χ0) is 23.1. The number of carbonyl (C=O) groups is 2. The van der Waals surface area contributed by atoms with E-state index in [2.05, 4.69) is 10.5 Å². The molecule has 0 unspecified atom stereocenters. The number of nitrogens with one attached hydrogen (secondary N) is 1. The number of piperidine rings is 1. The number of hydrogen-bond donors (Lipinski definition) is 1. The van der Waals surface area contributed by atoms with Crippen molar-refractivity contribution in [2.24, 2.45) is 5.41 Å². The number of aromatic nitrogens is 1. The van der Waals surface area contributed by atoms with Crippen molar-refractivity contribution in [2.75, 3.05) is 26.2 Å². The standard InChI is InChI=1S/C26H29N3O4/c1-2-27-25(31)26(17-22-16-23(28-33-22)20-10-5-3-6-11-20)14-9-15-29(19-26)24(30)18-32-21-12-7-4-8-13-21/h3-8,10-13,16H,2,9,14-15,17-19H2,1H3,(H,27,31)/t26-/m1/s1. The summed E-state index contributed by atoms with van der Waals surface area (Å²) < 4.78 is 11.3. The zero-order valence-electron chi connectivity index (χ0n) is 18.8. The maximum Gasteiger partial charge on any atom is 0.260 e. The van der Waals surface area contributed by atoms with E-state index in [1.54, 1.807) is 4.90 Å². The van der Waals surface area contributed by atoms with Crippen LogP contribution in [0.3, 0.4) is 0 Å². The highest BCUT2D eigenvalue weighted by atomic mass is 16.5. The molecule has 1 N–H and O–H groups in total. The van der Waals surface area contributed by atoms with Gasteiger partial charge in [0.1, 0.15) is 17.2 Å². The molecule has 1 atom stereocenters. The van der Waals surface area contributed by atoms with Crippen molar-refractivity contribution in [1.82, 2.24) is 15.4 Å². The minimum Gasteiger partial charge on any atom is -0.484 e. The van der Waals surface area contributed by atoms with Crippen molar-refractivity contribution >= 4 is 11.8 Å². The Bertz CT molecular complexity index is 1070. The second kappa shape index (κ2) is 10.3. The maximum atomic E-state index is 13.2. The number of benzene rings is 2. The van der Waals surface area contributed by atoms with Gasteiger partial charge in [-0.1, -0.05) is 53.7 Å². The summed E-state index contributed by atoms with van der Waals surface area (Å²) in [5, 5.41) is 7.16. The number of carbonyl (C=O) groups excluding carboxylic acids is 2. The van der Waals surface area contributed by atoms with Crippen molar-refractivity contribution in [2.45, 2.75) is 26.2 Å². The molecule has 0 saturated carbocycles. The largest absolute Gasteiger partial charge is 0.484 e. The van der Waals surface area contributed by atoms with Crippen molar-refractivity contribution < 1.29 is 18.8 Å². The summed E-state index contributed by atoms with van der Waals surface area (Å²) in [6, 6.07) is 20.9. The molecule has 7 heteroatoms. The van der Waals surface area contributed by atoms with Crippen LogP contribution < -0.4 is 10.1 Å². The summed E-state index contributed by atoms with van der Waals surface area (Å²) in [5.74, 6) is 1.09. The molecule has 7 nitrogen and oxygen atoms in total. The van der Waals surface area contributed by atoms with Gasteiger partial charge >= 0.3 is 0 Å². The third-order valence-corrected chi connectivity index (χ3v) is 6.00. The predicted molar refractivity (Wildman–Crippen MR) is 125 cm³/mol. The Morgan fingerprint density at radius 3 is 2.58 bits per heavy atom. The van der Waals surface area contributed by atoms with Gasteiger partial charge in [0.05, 0.1) is 5.41 Å². The maximum absolute atomic E-state index is 13.2. The van der Waals surface area contributed by atoms with E-state index in [4.69, 9.17) is 9.26 Å². The van der Waals surface area contributed by atoms with Crippen molar-refractivity contribution in [3.05, 3.63) is 72.5 Å². The van der Waals surface area contributed by atoms with E-state index in [1.165, 1.54) is 0 Å². The van der Waals surface area contributed by atoms with E-state index in [9.17, 15) is 9.59 Å². The molecule has 0 aliphatic carbocycles. The molecule has 2 heterocycles. The minimum atomic E-state index is -0.774. The molecule has 33 heavy (non-hydrogen) atoms. The Balaban J connectivity index is 1.49. The Kier molecular flexibility index (Phi) is 7.07. The van der Waals surface area contributed by atoms with Crippen LogP contribution in [0.5, 0.6) is 5.75 Å². The number of rotatable bonds is 8. The van der Waals surface area contributed by atoms with Crippen LogP contribution in [0.15, 0.2) is 71.3 Å². The predicted octanol–water partition coefficient (Wildman–Crippen LogP) is 3.71.